The number of carbonyl (C=O) groups excluding carboxylic acids is 3. The summed E-state index contributed by atoms with van der Waals surface area (Å²) >= 11 is 9.12. The molecular formula is C23H17BrClN3O5. The number of ether oxygens (including phenoxy) is 2. The van der Waals surface area contributed by atoms with Gasteiger partial charge in [-0.15, -0.1) is 0 Å². The normalized spacial score (nSPS) is 10.5. The molecule has 8 nitrogen and oxygen atoms in total. The molecule has 0 heterocycles. The van der Waals surface area contributed by atoms with E-state index in [2.05, 4.69) is 31.8 Å². The van der Waals surface area contributed by atoms with Gasteiger partial charge in [-0.3, -0.25) is 9.59 Å². The molecule has 0 saturated heterocycles. The van der Waals surface area contributed by atoms with Gasteiger partial charge in [-0.1, -0.05) is 27.5 Å². The largest absolute Gasteiger partial charge is 0.497 e. The van der Waals surface area contributed by atoms with Gasteiger partial charge in [0, 0.05) is 20.7 Å². The molecule has 0 radical (unpaired) electrons. The maximum absolute atomic E-state index is 12.5. The molecule has 2 amide bonds. The molecule has 2 N–H and O–H groups in total. The highest BCUT2D eigenvalue weighted by Crippen LogP contribution is 2.23. The lowest BCUT2D eigenvalue weighted by molar-refractivity contribution is -0.136. The van der Waals surface area contributed by atoms with Crippen LogP contribution in [0.15, 0.2) is 76.3 Å². The average Bonchev–Trinajstić information content (AvgIpc) is 2.82. The Morgan fingerprint density at radius 3 is 2.33 bits per heavy atom. The minimum absolute atomic E-state index is 0.211. The number of esters is 1. The van der Waals surface area contributed by atoms with Crippen molar-refractivity contribution >= 4 is 57.2 Å². The first-order valence-corrected chi connectivity index (χ1v) is 10.6. The second kappa shape index (κ2) is 11.3. The molecule has 0 spiro atoms. The van der Waals surface area contributed by atoms with Crippen molar-refractivity contribution in [1.82, 2.24) is 5.43 Å². The maximum Gasteiger partial charge on any atom is 0.343 e. The van der Waals surface area contributed by atoms with Gasteiger partial charge in [-0.2, -0.15) is 5.10 Å². The van der Waals surface area contributed by atoms with Crippen LogP contribution in [0, 0.1) is 0 Å². The molecule has 0 saturated carbocycles. The molecule has 0 aliphatic carbocycles. The number of hydrogen-bond acceptors (Lipinski definition) is 6. The number of nitrogens with zero attached hydrogens (tertiary/aromatic N) is 1. The minimum atomic E-state index is -0.979. The lowest BCUT2D eigenvalue weighted by Gasteiger charge is -2.08. The summed E-state index contributed by atoms with van der Waals surface area (Å²) in [7, 11) is 1.53. The summed E-state index contributed by atoms with van der Waals surface area (Å²) in [5.74, 6) is -1.65. The maximum atomic E-state index is 12.5. The second-order valence-electron chi connectivity index (χ2n) is 6.46. The molecule has 0 aromatic heterocycles. The third kappa shape index (κ3) is 6.90. The monoisotopic (exact) mass is 529 g/mol. The molecule has 168 valence electrons. The number of carbonyl (C=O) groups is 3. The number of hydrogen-bond donors (Lipinski definition) is 2. The zero-order valence-electron chi connectivity index (χ0n) is 17.2. The predicted molar refractivity (Wildman–Crippen MR) is 128 cm³/mol. The molecule has 10 heteroatoms. The van der Waals surface area contributed by atoms with Gasteiger partial charge in [0.2, 0.25) is 0 Å². The highest BCUT2D eigenvalue weighted by atomic mass is 79.9. The molecule has 0 unspecified atom stereocenters. The van der Waals surface area contributed by atoms with E-state index in [0.717, 1.165) is 0 Å². The number of nitrogens with one attached hydrogen (secondary N) is 2. The van der Waals surface area contributed by atoms with E-state index in [0.29, 0.717) is 32.1 Å². The van der Waals surface area contributed by atoms with Gasteiger partial charge in [0.25, 0.3) is 0 Å². The molecule has 0 aliphatic heterocycles. The Hall–Kier alpha value is -3.69. The smallest absolute Gasteiger partial charge is 0.343 e. The fraction of sp³-hybridized carbons (Fsp3) is 0.0435. The number of benzene rings is 3. The van der Waals surface area contributed by atoms with Crippen LogP contribution < -0.4 is 20.2 Å². The summed E-state index contributed by atoms with van der Waals surface area (Å²) in [5.41, 5.74) is 3.26. The van der Waals surface area contributed by atoms with E-state index in [4.69, 9.17) is 21.1 Å². The van der Waals surface area contributed by atoms with Crippen molar-refractivity contribution in [3.05, 3.63) is 87.4 Å². The van der Waals surface area contributed by atoms with Gasteiger partial charge < -0.3 is 14.8 Å². The van der Waals surface area contributed by atoms with Crippen LogP contribution in [0.2, 0.25) is 5.02 Å². The van der Waals surface area contributed by atoms with Crippen LogP contribution >= 0.6 is 27.5 Å². The Morgan fingerprint density at radius 2 is 1.67 bits per heavy atom. The number of anilines is 1. The molecular weight excluding hydrogens is 514 g/mol. The molecule has 0 fully saturated rings. The quantitative estimate of drug-likeness (QED) is 0.161. The number of rotatable bonds is 6. The van der Waals surface area contributed by atoms with Crippen LogP contribution in [0.4, 0.5) is 5.69 Å². The first-order chi connectivity index (χ1) is 15.9. The minimum Gasteiger partial charge on any atom is -0.497 e. The molecule has 0 aliphatic rings. The van der Waals surface area contributed by atoms with Gasteiger partial charge in [-0.25, -0.2) is 10.2 Å². The Labute approximate surface area is 202 Å². The Kier molecular flexibility index (Phi) is 8.17. The van der Waals surface area contributed by atoms with Crippen LogP contribution in [0.25, 0.3) is 0 Å². The van der Waals surface area contributed by atoms with E-state index in [1.807, 2.05) is 0 Å². The standard InChI is InChI=1S/C23H17BrClN3O5/c1-32-19-9-2-14(3-10-19)23(31)33-20-11-4-16(24)12-15(20)13-26-28-22(30)21(29)27-18-7-5-17(25)6-8-18/h2-13H,1H3,(H,27,29)(H,28,30). The fourth-order valence-corrected chi connectivity index (χ4v) is 3.04. The second-order valence-corrected chi connectivity index (χ2v) is 7.81. The van der Waals surface area contributed by atoms with E-state index >= 15 is 0 Å². The third-order valence-electron chi connectivity index (χ3n) is 4.18. The molecule has 3 rings (SSSR count). The SMILES string of the molecule is COc1ccc(C(=O)Oc2ccc(Br)cc2C=NNC(=O)C(=O)Nc2ccc(Cl)cc2)cc1. The van der Waals surface area contributed by atoms with Crippen molar-refractivity contribution in [2.75, 3.05) is 12.4 Å². The van der Waals surface area contributed by atoms with Gasteiger partial charge in [0.1, 0.15) is 11.5 Å². The van der Waals surface area contributed by atoms with Crippen LogP contribution in [0.5, 0.6) is 11.5 Å². The zero-order valence-corrected chi connectivity index (χ0v) is 19.5. The Balaban J connectivity index is 1.65. The first kappa shape index (κ1) is 24.0. The van der Waals surface area contributed by atoms with Crippen LogP contribution in [-0.4, -0.2) is 31.1 Å². The van der Waals surface area contributed by atoms with Crippen molar-refractivity contribution in [2.45, 2.75) is 0 Å². The zero-order chi connectivity index (χ0) is 23.8. The molecule has 3 aromatic carbocycles. The van der Waals surface area contributed by atoms with Crippen LogP contribution in [0.1, 0.15) is 15.9 Å². The van der Waals surface area contributed by atoms with Gasteiger partial charge in [0.05, 0.1) is 18.9 Å². The van der Waals surface area contributed by atoms with E-state index in [1.165, 1.54) is 13.3 Å². The van der Waals surface area contributed by atoms with Crippen molar-refractivity contribution in [2.24, 2.45) is 5.10 Å². The van der Waals surface area contributed by atoms with E-state index < -0.39 is 17.8 Å². The highest BCUT2D eigenvalue weighted by Gasteiger charge is 2.14. The molecule has 33 heavy (non-hydrogen) atoms. The van der Waals surface area contributed by atoms with Crippen molar-refractivity contribution in [3.8, 4) is 11.5 Å². The summed E-state index contributed by atoms with van der Waals surface area (Å²) in [6.45, 7) is 0. The number of hydrazone groups is 1. The summed E-state index contributed by atoms with van der Waals surface area (Å²) in [6.07, 6.45) is 1.26. The number of methoxy groups -OCH3 is 1. The molecule has 3 aromatic rings. The summed E-state index contributed by atoms with van der Waals surface area (Å²) < 4.78 is 11.2. The molecule has 0 bridgehead atoms. The third-order valence-corrected chi connectivity index (χ3v) is 4.92. The van der Waals surface area contributed by atoms with Crippen LogP contribution in [-0.2, 0) is 9.59 Å². The highest BCUT2D eigenvalue weighted by molar-refractivity contribution is 9.10. The van der Waals surface area contributed by atoms with Crippen molar-refractivity contribution in [1.29, 1.82) is 0 Å². The van der Waals surface area contributed by atoms with E-state index in [1.54, 1.807) is 66.7 Å². The number of amides is 2. The Morgan fingerprint density at radius 1 is 0.970 bits per heavy atom. The first-order valence-electron chi connectivity index (χ1n) is 9.41. The van der Waals surface area contributed by atoms with Gasteiger partial charge in [-0.05, 0) is 66.7 Å². The van der Waals surface area contributed by atoms with Crippen molar-refractivity contribution < 1.29 is 23.9 Å². The Bertz CT molecular complexity index is 1200. The van der Waals surface area contributed by atoms with Crippen LogP contribution in [0.3, 0.4) is 0 Å². The van der Waals surface area contributed by atoms with Gasteiger partial charge >= 0.3 is 17.8 Å². The lowest BCUT2D eigenvalue weighted by atomic mass is 10.2. The number of halogens is 2. The summed E-state index contributed by atoms with van der Waals surface area (Å²) in [4.78, 5) is 36.5. The topological polar surface area (TPSA) is 106 Å². The van der Waals surface area contributed by atoms with Gasteiger partial charge in [0.15, 0.2) is 0 Å². The average molecular weight is 531 g/mol. The fourth-order valence-electron chi connectivity index (χ4n) is 2.53. The lowest BCUT2D eigenvalue weighted by Crippen LogP contribution is -2.32. The van der Waals surface area contributed by atoms with E-state index in [9.17, 15) is 14.4 Å². The van der Waals surface area contributed by atoms with Crippen molar-refractivity contribution in [3.63, 3.8) is 0 Å². The predicted octanol–water partition coefficient (Wildman–Crippen LogP) is 4.42. The molecule has 0 atom stereocenters. The summed E-state index contributed by atoms with van der Waals surface area (Å²) in [6, 6.07) is 17.6. The summed E-state index contributed by atoms with van der Waals surface area (Å²) in [5, 5.41) is 6.71. The van der Waals surface area contributed by atoms with E-state index in [-0.39, 0.29) is 5.75 Å².